The van der Waals surface area contributed by atoms with E-state index in [0.717, 1.165) is 23.5 Å². The number of ether oxygens (including phenoxy) is 1. The minimum absolute atomic E-state index is 0.0618. The van der Waals surface area contributed by atoms with Gasteiger partial charge in [-0.3, -0.25) is 4.79 Å². The third-order valence-electron chi connectivity index (χ3n) is 5.35. The first-order chi connectivity index (χ1) is 14.3. The summed E-state index contributed by atoms with van der Waals surface area (Å²) in [6, 6.07) is 10.2. The number of nitrogens with one attached hydrogen (secondary N) is 1. The Morgan fingerprint density at radius 1 is 1.27 bits per heavy atom. The van der Waals surface area contributed by atoms with Crippen LogP contribution in [0.5, 0.6) is 5.75 Å². The summed E-state index contributed by atoms with van der Waals surface area (Å²) in [5.41, 5.74) is 0.452. The SMILES string of the molecule is C[C@H]1C[C@H](COc2cccnc2C(F)(F)F)CN(C(=O)c2ccc3cc[nH]c3c2)C1. The lowest BCUT2D eigenvalue weighted by Gasteiger charge is -2.36. The number of pyridine rings is 1. The van der Waals surface area contributed by atoms with Gasteiger partial charge in [0.25, 0.3) is 5.91 Å². The van der Waals surface area contributed by atoms with Crippen LogP contribution in [0.15, 0.2) is 48.8 Å². The number of likely N-dealkylation sites (tertiary alicyclic amines) is 1. The highest BCUT2D eigenvalue weighted by Gasteiger charge is 2.36. The molecule has 158 valence electrons. The number of H-pyrrole nitrogens is 1. The molecule has 0 unspecified atom stereocenters. The van der Waals surface area contributed by atoms with E-state index in [9.17, 15) is 18.0 Å². The Balaban J connectivity index is 1.45. The highest BCUT2D eigenvalue weighted by atomic mass is 19.4. The van der Waals surface area contributed by atoms with Gasteiger partial charge in [0.05, 0.1) is 6.61 Å². The fraction of sp³-hybridized carbons (Fsp3) is 0.364. The van der Waals surface area contributed by atoms with E-state index in [-0.39, 0.29) is 30.1 Å². The first-order valence-corrected chi connectivity index (χ1v) is 9.82. The zero-order valence-corrected chi connectivity index (χ0v) is 16.4. The van der Waals surface area contributed by atoms with Gasteiger partial charge in [-0.1, -0.05) is 13.0 Å². The van der Waals surface area contributed by atoms with E-state index in [1.165, 1.54) is 12.1 Å². The summed E-state index contributed by atoms with van der Waals surface area (Å²) in [4.78, 5) is 21.3. The lowest BCUT2D eigenvalue weighted by molar-refractivity contribution is -0.142. The first-order valence-electron chi connectivity index (χ1n) is 9.82. The number of aromatic nitrogens is 2. The standard InChI is InChI=1S/C22H22F3N3O2/c1-14-9-15(13-30-19-3-2-7-27-20(19)22(23,24)25)12-28(11-14)21(29)17-5-4-16-6-8-26-18(16)10-17/h2-8,10,14-15,26H,9,11-13H2,1H3/t14-,15-/m0/s1. The maximum absolute atomic E-state index is 13.1. The van der Waals surface area contributed by atoms with E-state index < -0.39 is 11.9 Å². The van der Waals surface area contributed by atoms with Gasteiger partial charge in [0.15, 0.2) is 5.69 Å². The van der Waals surface area contributed by atoms with E-state index in [1.54, 1.807) is 11.0 Å². The van der Waals surface area contributed by atoms with Crippen LogP contribution in [0, 0.1) is 11.8 Å². The Hall–Kier alpha value is -3.03. The topological polar surface area (TPSA) is 58.2 Å². The van der Waals surface area contributed by atoms with E-state index in [0.29, 0.717) is 18.7 Å². The molecule has 0 radical (unpaired) electrons. The van der Waals surface area contributed by atoms with Crippen LogP contribution < -0.4 is 4.74 Å². The summed E-state index contributed by atoms with van der Waals surface area (Å²) in [7, 11) is 0. The second-order valence-corrected chi connectivity index (χ2v) is 7.86. The van der Waals surface area contributed by atoms with Gasteiger partial charge in [0.2, 0.25) is 0 Å². The molecular formula is C22H22F3N3O2. The second kappa shape index (κ2) is 8.01. The number of alkyl halides is 3. The number of fused-ring (bicyclic) bond motifs is 1. The van der Waals surface area contributed by atoms with Crippen molar-refractivity contribution in [2.24, 2.45) is 11.8 Å². The van der Waals surface area contributed by atoms with Crippen molar-refractivity contribution in [3.05, 3.63) is 60.0 Å². The molecule has 30 heavy (non-hydrogen) atoms. The summed E-state index contributed by atoms with van der Waals surface area (Å²) in [6.07, 6.45) is -0.876. The fourth-order valence-corrected chi connectivity index (χ4v) is 4.06. The van der Waals surface area contributed by atoms with Gasteiger partial charge in [-0.05, 0) is 48.1 Å². The summed E-state index contributed by atoms with van der Waals surface area (Å²) >= 11 is 0. The first kappa shape index (κ1) is 20.3. The summed E-state index contributed by atoms with van der Waals surface area (Å²) in [5, 5.41) is 1.03. The maximum Gasteiger partial charge on any atom is 0.437 e. The largest absolute Gasteiger partial charge is 0.491 e. The number of aromatic amines is 1. The van der Waals surface area contributed by atoms with Crippen LogP contribution >= 0.6 is 0 Å². The van der Waals surface area contributed by atoms with Crippen LogP contribution in [-0.2, 0) is 6.18 Å². The number of hydrogen-bond acceptors (Lipinski definition) is 3. The lowest BCUT2D eigenvalue weighted by Crippen LogP contribution is -2.44. The highest BCUT2D eigenvalue weighted by molar-refractivity contribution is 5.98. The number of halogens is 3. The molecule has 8 heteroatoms. The second-order valence-electron chi connectivity index (χ2n) is 7.86. The molecule has 1 saturated heterocycles. The zero-order valence-electron chi connectivity index (χ0n) is 16.4. The van der Waals surface area contributed by atoms with E-state index in [2.05, 4.69) is 9.97 Å². The number of amides is 1. The van der Waals surface area contributed by atoms with E-state index in [4.69, 9.17) is 4.74 Å². The van der Waals surface area contributed by atoms with Crippen LogP contribution in [0.3, 0.4) is 0 Å². The molecule has 2 aromatic heterocycles. The minimum atomic E-state index is -4.57. The predicted molar refractivity (Wildman–Crippen MR) is 106 cm³/mol. The maximum atomic E-state index is 13.1. The Morgan fingerprint density at radius 3 is 2.90 bits per heavy atom. The van der Waals surface area contributed by atoms with Crippen LogP contribution in [-0.4, -0.2) is 40.5 Å². The molecule has 3 heterocycles. The number of benzene rings is 1. The van der Waals surface area contributed by atoms with Crippen molar-refractivity contribution >= 4 is 16.8 Å². The molecule has 4 rings (SSSR count). The smallest absolute Gasteiger partial charge is 0.437 e. The van der Waals surface area contributed by atoms with Gasteiger partial charge in [0, 0.05) is 42.5 Å². The molecule has 3 aromatic rings. The van der Waals surface area contributed by atoms with E-state index in [1.807, 2.05) is 31.3 Å². The van der Waals surface area contributed by atoms with Gasteiger partial charge in [-0.2, -0.15) is 13.2 Å². The zero-order chi connectivity index (χ0) is 21.3. The fourth-order valence-electron chi connectivity index (χ4n) is 4.06. The van der Waals surface area contributed by atoms with Gasteiger partial charge >= 0.3 is 6.18 Å². The number of nitrogens with zero attached hydrogens (tertiary/aromatic N) is 2. The number of carbonyl (C=O) groups is 1. The summed E-state index contributed by atoms with van der Waals surface area (Å²) in [5.74, 6) is -0.201. The van der Waals surface area contributed by atoms with Crippen molar-refractivity contribution < 1.29 is 22.7 Å². The molecule has 1 N–H and O–H groups in total. The monoisotopic (exact) mass is 417 g/mol. The third kappa shape index (κ3) is 4.27. The molecule has 2 atom stereocenters. The number of piperidine rings is 1. The summed E-state index contributed by atoms with van der Waals surface area (Å²) < 4.78 is 44.9. The molecule has 0 aliphatic carbocycles. The number of rotatable bonds is 4. The molecule has 1 aliphatic heterocycles. The Morgan fingerprint density at radius 2 is 2.10 bits per heavy atom. The number of carbonyl (C=O) groups excluding carboxylic acids is 1. The average molecular weight is 417 g/mol. The van der Waals surface area contributed by atoms with Crippen molar-refractivity contribution in [1.29, 1.82) is 0 Å². The normalized spacial score (nSPS) is 19.8. The molecule has 5 nitrogen and oxygen atoms in total. The van der Waals surface area contributed by atoms with Crippen LogP contribution in [0.1, 0.15) is 29.4 Å². The molecule has 1 amide bonds. The van der Waals surface area contributed by atoms with Crippen molar-refractivity contribution in [1.82, 2.24) is 14.9 Å². The molecule has 1 aromatic carbocycles. The van der Waals surface area contributed by atoms with Crippen molar-refractivity contribution in [2.45, 2.75) is 19.5 Å². The molecule has 0 bridgehead atoms. The highest BCUT2D eigenvalue weighted by Crippen LogP contribution is 2.34. The molecule has 1 aliphatic rings. The molecular weight excluding hydrogens is 395 g/mol. The van der Waals surface area contributed by atoms with Gasteiger partial charge < -0.3 is 14.6 Å². The van der Waals surface area contributed by atoms with Gasteiger partial charge in [-0.15, -0.1) is 0 Å². The minimum Gasteiger partial charge on any atom is -0.491 e. The quantitative estimate of drug-likeness (QED) is 0.666. The number of hydrogen-bond donors (Lipinski definition) is 1. The molecule has 0 spiro atoms. The van der Waals surface area contributed by atoms with Gasteiger partial charge in [0.1, 0.15) is 5.75 Å². The molecule has 0 saturated carbocycles. The summed E-state index contributed by atoms with van der Waals surface area (Å²) in [6.45, 7) is 3.18. The Labute approximate surface area is 171 Å². The Bertz CT molecular complexity index is 1050. The van der Waals surface area contributed by atoms with Gasteiger partial charge in [-0.25, -0.2) is 4.98 Å². The average Bonchev–Trinajstić information content (AvgIpc) is 3.18. The van der Waals surface area contributed by atoms with Crippen molar-refractivity contribution in [3.8, 4) is 5.75 Å². The van der Waals surface area contributed by atoms with E-state index >= 15 is 0 Å². The Kier molecular flexibility index (Phi) is 5.40. The predicted octanol–water partition coefficient (Wildman–Crippen LogP) is 4.76. The molecule has 1 fully saturated rings. The van der Waals surface area contributed by atoms with Crippen LogP contribution in [0.4, 0.5) is 13.2 Å². The van der Waals surface area contributed by atoms with Crippen molar-refractivity contribution in [3.63, 3.8) is 0 Å². The van der Waals surface area contributed by atoms with Crippen LogP contribution in [0.2, 0.25) is 0 Å². The lowest BCUT2D eigenvalue weighted by atomic mass is 9.90. The van der Waals surface area contributed by atoms with Crippen LogP contribution in [0.25, 0.3) is 10.9 Å². The third-order valence-corrected chi connectivity index (χ3v) is 5.35. The van der Waals surface area contributed by atoms with Crippen molar-refractivity contribution in [2.75, 3.05) is 19.7 Å².